The number of hydrogen-bond donors (Lipinski definition) is 1. The summed E-state index contributed by atoms with van der Waals surface area (Å²) >= 11 is 12.3. The summed E-state index contributed by atoms with van der Waals surface area (Å²) < 4.78 is 10.6. The molecule has 29 heavy (non-hydrogen) atoms. The lowest BCUT2D eigenvalue weighted by atomic mass is 10.2. The highest BCUT2D eigenvalue weighted by molar-refractivity contribution is 6.35. The van der Waals surface area contributed by atoms with Gasteiger partial charge in [0.05, 0.1) is 23.7 Å². The second-order valence-electron chi connectivity index (χ2n) is 6.32. The van der Waals surface area contributed by atoms with Gasteiger partial charge in [0.2, 0.25) is 0 Å². The van der Waals surface area contributed by atoms with Crippen LogP contribution in [0.2, 0.25) is 10.0 Å². The minimum atomic E-state index is -0.386. The average molecular weight is 427 g/mol. The molecule has 0 aliphatic rings. The largest absolute Gasteiger partial charge is 0.489 e. The second-order valence-corrected chi connectivity index (χ2v) is 7.14. The predicted molar refractivity (Wildman–Crippen MR) is 114 cm³/mol. The van der Waals surface area contributed by atoms with Crippen molar-refractivity contribution in [3.05, 3.63) is 81.8 Å². The van der Waals surface area contributed by atoms with E-state index < -0.39 is 0 Å². The highest BCUT2D eigenvalue weighted by Crippen LogP contribution is 2.27. The zero-order chi connectivity index (χ0) is 20.4. The monoisotopic (exact) mass is 426 g/mol. The van der Waals surface area contributed by atoms with Gasteiger partial charge in [-0.25, -0.2) is 9.78 Å². The number of ether oxygens (including phenoxy) is 2. The Morgan fingerprint density at radius 1 is 1.03 bits per heavy atom. The Balaban J connectivity index is 1.52. The van der Waals surface area contributed by atoms with E-state index in [1.807, 2.05) is 24.3 Å². The van der Waals surface area contributed by atoms with Gasteiger partial charge in [0.1, 0.15) is 18.2 Å². The van der Waals surface area contributed by atoms with Crippen LogP contribution in [0.25, 0.3) is 22.4 Å². The molecule has 3 aromatic carbocycles. The van der Waals surface area contributed by atoms with Crippen LogP contribution in [-0.4, -0.2) is 23.0 Å². The topological polar surface area (TPSA) is 64.2 Å². The molecule has 4 rings (SSSR count). The van der Waals surface area contributed by atoms with Crippen molar-refractivity contribution in [2.24, 2.45) is 0 Å². The van der Waals surface area contributed by atoms with E-state index in [1.54, 1.807) is 36.4 Å². The van der Waals surface area contributed by atoms with Gasteiger partial charge in [-0.3, -0.25) is 0 Å². The molecule has 0 atom stereocenters. The van der Waals surface area contributed by atoms with Gasteiger partial charge in [0.15, 0.2) is 0 Å². The number of fused-ring (bicyclic) bond motifs is 1. The number of nitrogens with zero attached hydrogens (tertiary/aromatic N) is 1. The highest BCUT2D eigenvalue weighted by atomic mass is 35.5. The van der Waals surface area contributed by atoms with E-state index in [0.29, 0.717) is 27.2 Å². The van der Waals surface area contributed by atoms with Gasteiger partial charge in [-0.1, -0.05) is 29.3 Å². The van der Waals surface area contributed by atoms with Crippen LogP contribution in [0, 0.1) is 0 Å². The van der Waals surface area contributed by atoms with E-state index in [0.717, 1.165) is 22.2 Å². The van der Waals surface area contributed by atoms with Crippen molar-refractivity contribution in [3.8, 4) is 17.1 Å². The third-order valence-corrected chi connectivity index (χ3v) is 5.18. The zero-order valence-electron chi connectivity index (χ0n) is 15.4. The van der Waals surface area contributed by atoms with Crippen LogP contribution in [0.1, 0.15) is 15.9 Å². The van der Waals surface area contributed by atoms with E-state index in [2.05, 4.69) is 9.97 Å². The summed E-state index contributed by atoms with van der Waals surface area (Å²) in [4.78, 5) is 19.5. The van der Waals surface area contributed by atoms with Gasteiger partial charge < -0.3 is 14.5 Å². The molecule has 0 unspecified atom stereocenters. The minimum absolute atomic E-state index is 0.277. The van der Waals surface area contributed by atoms with Crippen LogP contribution in [0.5, 0.6) is 5.75 Å². The molecule has 0 spiro atoms. The van der Waals surface area contributed by atoms with E-state index in [-0.39, 0.29) is 12.6 Å². The molecule has 1 heterocycles. The Kier molecular flexibility index (Phi) is 5.43. The molecule has 0 fully saturated rings. The van der Waals surface area contributed by atoms with Crippen molar-refractivity contribution in [2.75, 3.05) is 7.11 Å². The molecular formula is C22H16Cl2N2O3. The number of rotatable bonds is 5. The van der Waals surface area contributed by atoms with Crippen molar-refractivity contribution in [3.63, 3.8) is 0 Å². The Morgan fingerprint density at radius 3 is 2.45 bits per heavy atom. The maximum absolute atomic E-state index is 11.7. The van der Waals surface area contributed by atoms with Crippen molar-refractivity contribution < 1.29 is 14.3 Å². The lowest BCUT2D eigenvalue weighted by Crippen LogP contribution is -2.00. The van der Waals surface area contributed by atoms with Gasteiger partial charge in [0.25, 0.3) is 0 Å². The number of nitrogens with one attached hydrogen (secondary N) is 1. The van der Waals surface area contributed by atoms with E-state index >= 15 is 0 Å². The maximum Gasteiger partial charge on any atom is 0.337 e. The number of esters is 1. The molecule has 7 heteroatoms. The molecule has 0 bridgehead atoms. The first-order valence-electron chi connectivity index (χ1n) is 8.79. The standard InChI is InChI=1S/C22H16Cl2N2O3/c1-28-22(27)14-7-10-19-20(11-14)26-21(25-19)13-5-8-15(9-6-13)29-12-16-17(23)3-2-4-18(16)24/h2-11H,12H2,1H3,(H,25,26). The van der Waals surface area contributed by atoms with Crippen LogP contribution >= 0.6 is 23.2 Å². The number of aromatic nitrogens is 2. The Morgan fingerprint density at radius 2 is 1.76 bits per heavy atom. The average Bonchev–Trinajstić information content (AvgIpc) is 3.16. The second kappa shape index (κ2) is 8.15. The molecule has 0 aliphatic heterocycles. The molecule has 1 N–H and O–H groups in total. The molecule has 4 aromatic rings. The number of methoxy groups -OCH3 is 1. The molecule has 0 aliphatic carbocycles. The molecule has 0 radical (unpaired) electrons. The Labute approximate surface area is 177 Å². The summed E-state index contributed by atoms with van der Waals surface area (Å²) in [7, 11) is 1.36. The fourth-order valence-electron chi connectivity index (χ4n) is 2.93. The number of carbonyl (C=O) groups excluding carboxylic acids is 1. The van der Waals surface area contributed by atoms with Crippen molar-refractivity contribution in [1.29, 1.82) is 0 Å². The van der Waals surface area contributed by atoms with Gasteiger partial charge in [-0.2, -0.15) is 0 Å². The van der Waals surface area contributed by atoms with Crippen molar-refractivity contribution in [1.82, 2.24) is 9.97 Å². The van der Waals surface area contributed by atoms with Gasteiger partial charge >= 0.3 is 5.97 Å². The molecule has 0 amide bonds. The van der Waals surface area contributed by atoms with Gasteiger partial charge in [-0.15, -0.1) is 0 Å². The normalized spacial score (nSPS) is 10.9. The lowest BCUT2D eigenvalue weighted by molar-refractivity contribution is 0.0601. The van der Waals surface area contributed by atoms with Gasteiger partial charge in [-0.05, 0) is 54.6 Å². The van der Waals surface area contributed by atoms with Crippen LogP contribution in [0.4, 0.5) is 0 Å². The fraction of sp³-hybridized carbons (Fsp3) is 0.0909. The van der Waals surface area contributed by atoms with Gasteiger partial charge in [0, 0.05) is 21.2 Å². The third kappa shape index (κ3) is 4.06. The Bertz CT molecular complexity index is 1170. The van der Waals surface area contributed by atoms with E-state index in [4.69, 9.17) is 32.7 Å². The van der Waals surface area contributed by atoms with E-state index in [9.17, 15) is 4.79 Å². The number of aromatic amines is 1. The number of benzene rings is 3. The SMILES string of the molecule is COC(=O)c1ccc2nc(-c3ccc(OCc4c(Cl)cccc4Cl)cc3)[nH]c2c1. The summed E-state index contributed by atoms with van der Waals surface area (Å²) in [5, 5.41) is 1.14. The summed E-state index contributed by atoms with van der Waals surface area (Å²) in [6.45, 7) is 0.277. The number of halogens is 2. The van der Waals surface area contributed by atoms with Crippen LogP contribution in [0.3, 0.4) is 0 Å². The predicted octanol–water partition coefficient (Wildman–Crippen LogP) is 5.90. The number of carbonyl (C=O) groups is 1. The van der Waals surface area contributed by atoms with Crippen molar-refractivity contribution in [2.45, 2.75) is 6.61 Å². The van der Waals surface area contributed by atoms with Crippen LogP contribution in [-0.2, 0) is 11.3 Å². The first kappa shape index (κ1) is 19.3. The van der Waals surface area contributed by atoms with Crippen LogP contribution < -0.4 is 4.74 Å². The molecule has 146 valence electrons. The molecule has 5 nitrogen and oxygen atoms in total. The number of hydrogen-bond acceptors (Lipinski definition) is 4. The van der Waals surface area contributed by atoms with Crippen LogP contribution in [0.15, 0.2) is 60.7 Å². The summed E-state index contributed by atoms with van der Waals surface area (Å²) in [5.74, 6) is 1.000. The summed E-state index contributed by atoms with van der Waals surface area (Å²) in [6.07, 6.45) is 0. The molecule has 1 aromatic heterocycles. The summed E-state index contributed by atoms with van der Waals surface area (Å²) in [5.41, 5.74) is 3.64. The molecule has 0 saturated carbocycles. The maximum atomic E-state index is 11.7. The minimum Gasteiger partial charge on any atom is -0.489 e. The lowest BCUT2D eigenvalue weighted by Gasteiger charge is -2.09. The number of imidazole rings is 1. The third-order valence-electron chi connectivity index (χ3n) is 4.48. The number of H-pyrrole nitrogens is 1. The first-order valence-corrected chi connectivity index (χ1v) is 9.55. The smallest absolute Gasteiger partial charge is 0.337 e. The van der Waals surface area contributed by atoms with E-state index in [1.165, 1.54) is 7.11 Å². The Hall–Kier alpha value is -3.02. The molecular weight excluding hydrogens is 411 g/mol. The quantitative estimate of drug-likeness (QED) is 0.403. The fourth-order valence-corrected chi connectivity index (χ4v) is 3.43. The zero-order valence-corrected chi connectivity index (χ0v) is 16.9. The highest BCUT2D eigenvalue weighted by Gasteiger charge is 2.11. The molecule has 0 saturated heterocycles. The summed E-state index contributed by atoms with van der Waals surface area (Å²) in [6, 6.07) is 18.1. The first-order chi connectivity index (χ1) is 14.0. The van der Waals surface area contributed by atoms with Crippen molar-refractivity contribution >= 4 is 40.2 Å².